The Kier molecular flexibility index (Phi) is 7.87. The van der Waals surface area contributed by atoms with E-state index in [-0.39, 0.29) is 5.56 Å². The van der Waals surface area contributed by atoms with E-state index >= 15 is 0 Å². The van der Waals surface area contributed by atoms with Gasteiger partial charge < -0.3 is 24.9 Å². The van der Waals surface area contributed by atoms with Gasteiger partial charge in [-0.15, -0.1) is 0 Å². The molecule has 3 aromatic carbocycles. The number of benzene rings is 3. The SMILES string of the molecule is COC(OC)(OC(c1ccccc1)(c1ccccc1)c1ccccc1)[C@H]1C[C@@H](n2c(=O)[nH]cc(C)c2=O)C[C@@H]1N. The molecule has 0 aliphatic heterocycles. The molecule has 0 spiro atoms. The van der Waals surface area contributed by atoms with Crippen LogP contribution in [-0.2, 0) is 19.8 Å². The average Bonchev–Trinajstić information content (AvgIpc) is 3.39. The highest BCUT2D eigenvalue weighted by atomic mass is 16.9. The molecule has 1 aliphatic rings. The number of nitrogens with zero attached hydrogens (tertiary/aromatic N) is 1. The minimum atomic E-state index is -1.63. The molecule has 40 heavy (non-hydrogen) atoms. The molecule has 1 aliphatic carbocycles. The summed E-state index contributed by atoms with van der Waals surface area (Å²) in [4.78, 5) is 28.4. The van der Waals surface area contributed by atoms with E-state index in [1.54, 1.807) is 6.92 Å². The van der Waals surface area contributed by atoms with E-state index in [9.17, 15) is 9.59 Å². The van der Waals surface area contributed by atoms with Gasteiger partial charge >= 0.3 is 5.69 Å². The van der Waals surface area contributed by atoms with Crippen LogP contribution in [-0.4, -0.2) is 35.8 Å². The molecule has 1 fully saturated rings. The molecular weight excluding hydrogens is 506 g/mol. The van der Waals surface area contributed by atoms with Crippen LogP contribution in [0, 0.1) is 12.8 Å². The van der Waals surface area contributed by atoms with E-state index in [1.165, 1.54) is 25.0 Å². The van der Waals surface area contributed by atoms with Crippen LogP contribution < -0.4 is 17.0 Å². The molecule has 0 saturated heterocycles. The highest BCUT2D eigenvalue weighted by molar-refractivity contribution is 5.47. The number of aryl methyl sites for hydroxylation is 1. The molecule has 1 saturated carbocycles. The van der Waals surface area contributed by atoms with Crippen LogP contribution in [0.1, 0.15) is 41.1 Å². The zero-order chi connectivity index (χ0) is 28.3. The van der Waals surface area contributed by atoms with Gasteiger partial charge in [-0.2, -0.15) is 0 Å². The fourth-order valence-electron chi connectivity index (χ4n) is 6.03. The van der Waals surface area contributed by atoms with Gasteiger partial charge in [0, 0.05) is 38.1 Å². The Balaban J connectivity index is 1.67. The summed E-state index contributed by atoms with van der Waals surface area (Å²) in [6, 6.07) is 28.8. The molecule has 208 valence electrons. The first kappa shape index (κ1) is 27.7. The number of methoxy groups -OCH3 is 2. The van der Waals surface area contributed by atoms with Gasteiger partial charge in [0.15, 0.2) is 0 Å². The van der Waals surface area contributed by atoms with Crippen LogP contribution in [0.3, 0.4) is 0 Å². The Bertz CT molecular complexity index is 1440. The van der Waals surface area contributed by atoms with E-state index in [0.29, 0.717) is 18.4 Å². The van der Waals surface area contributed by atoms with Gasteiger partial charge in [0.25, 0.3) is 11.5 Å². The molecule has 0 unspecified atom stereocenters. The third-order valence-corrected chi connectivity index (χ3v) is 8.00. The number of ether oxygens (including phenoxy) is 3. The normalized spacial score (nSPS) is 19.6. The monoisotopic (exact) mass is 541 g/mol. The lowest BCUT2D eigenvalue weighted by atomic mass is 9.79. The summed E-state index contributed by atoms with van der Waals surface area (Å²) >= 11 is 0. The van der Waals surface area contributed by atoms with Crippen LogP contribution in [0.2, 0.25) is 0 Å². The smallest absolute Gasteiger partial charge is 0.328 e. The van der Waals surface area contributed by atoms with E-state index in [4.69, 9.17) is 19.9 Å². The van der Waals surface area contributed by atoms with Gasteiger partial charge in [0.05, 0.1) is 5.92 Å². The molecule has 0 radical (unpaired) electrons. The van der Waals surface area contributed by atoms with Crippen molar-refractivity contribution in [2.24, 2.45) is 11.7 Å². The number of nitrogens with two attached hydrogens (primary N) is 1. The first-order valence-corrected chi connectivity index (χ1v) is 13.4. The molecule has 0 amide bonds. The second-order valence-corrected chi connectivity index (χ2v) is 10.2. The number of aromatic nitrogens is 2. The van der Waals surface area contributed by atoms with E-state index in [1.807, 2.05) is 91.0 Å². The summed E-state index contributed by atoms with van der Waals surface area (Å²) in [7, 11) is 3.06. The Labute approximate surface area is 233 Å². The largest absolute Gasteiger partial charge is 0.331 e. The summed E-state index contributed by atoms with van der Waals surface area (Å²) in [5.41, 5.74) is 7.87. The van der Waals surface area contributed by atoms with E-state index < -0.39 is 35.3 Å². The molecule has 1 aromatic heterocycles. The molecule has 8 heteroatoms. The fourth-order valence-corrected chi connectivity index (χ4v) is 6.03. The number of hydrogen-bond donors (Lipinski definition) is 2. The quantitative estimate of drug-likeness (QED) is 0.244. The zero-order valence-corrected chi connectivity index (χ0v) is 22.9. The first-order chi connectivity index (χ1) is 19.4. The number of hydrogen-bond acceptors (Lipinski definition) is 6. The summed E-state index contributed by atoms with van der Waals surface area (Å²) in [6.45, 7) is 1.67. The number of nitrogens with one attached hydrogen (secondary N) is 1. The van der Waals surface area contributed by atoms with E-state index in [2.05, 4.69) is 4.98 Å². The second-order valence-electron chi connectivity index (χ2n) is 10.2. The van der Waals surface area contributed by atoms with Gasteiger partial charge in [-0.05, 0) is 36.5 Å². The molecule has 3 atom stereocenters. The van der Waals surface area contributed by atoms with Crippen LogP contribution in [0.4, 0.5) is 0 Å². The van der Waals surface area contributed by atoms with Crippen molar-refractivity contribution in [3.05, 3.63) is 140 Å². The maximum absolute atomic E-state index is 13.0. The van der Waals surface area contributed by atoms with Gasteiger partial charge in [-0.1, -0.05) is 91.0 Å². The maximum atomic E-state index is 13.0. The van der Waals surface area contributed by atoms with Gasteiger partial charge in [-0.25, -0.2) is 4.79 Å². The summed E-state index contributed by atoms with van der Waals surface area (Å²) in [5.74, 6) is -2.15. The highest BCUT2D eigenvalue weighted by Crippen LogP contribution is 2.49. The fraction of sp³-hybridized carbons (Fsp3) is 0.312. The lowest BCUT2D eigenvalue weighted by Gasteiger charge is -2.46. The summed E-state index contributed by atoms with van der Waals surface area (Å²) in [5, 5.41) is 0. The second kappa shape index (κ2) is 11.3. The van der Waals surface area contributed by atoms with E-state index in [0.717, 1.165) is 16.7 Å². The van der Waals surface area contributed by atoms with Crippen molar-refractivity contribution in [1.29, 1.82) is 0 Å². The lowest BCUT2D eigenvalue weighted by Crippen LogP contribution is -2.55. The zero-order valence-electron chi connectivity index (χ0n) is 22.9. The first-order valence-electron chi connectivity index (χ1n) is 13.4. The van der Waals surface area contributed by atoms with Gasteiger partial charge in [0.2, 0.25) is 0 Å². The topological polar surface area (TPSA) is 109 Å². The van der Waals surface area contributed by atoms with Crippen LogP contribution in [0.25, 0.3) is 0 Å². The van der Waals surface area contributed by atoms with Crippen molar-refractivity contribution >= 4 is 0 Å². The third kappa shape index (κ3) is 4.73. The van der Waals surface area contributed by atoms with Crippen LogP contribution >= 0.6 is 0 Å². The molecule has 4 aromatic rings. The molecule has 3 N–H and O–H groups in total. The third-order valence-electron chi connectivity index (χ3n) is 8.00. The minimum absolute atomic E-state index is 0.337. The van der Waals surface area contributed by atoms with Crippen molar-refractivity contribution in [2.75, 3.05) is 14.2 Å². The minimum Gasteiger partial charge on any atom is -0.331 e. The summed E-state index contributed by atoms with van der Waals surface area (Å²) < 4.78 is 20.7. The predicted octanol–water partition coefficient (Wildman–Crippen LogP) is 4.08. The van der Waals surface area contributed by atoms with Crippen LogP contribution in [0.15, 0.2) is 107 Å². The Morgan fingerprint density at radius 1 is 0.800 bits per heavy atom. The van der Waals surface area contributed by atoms with Crippen molar-refractivity contribution in [2.45, 2.75) is 43.4 Å². The molecule has 0 bridgehead atoms. The Hall–Kier alpha value is -3.82. The summed E-state index contributed by atoms with van der Waals surface area (Å²) in [6.07, 6.45) is 2.15. The predicted molar refractivity (Wildman–Crippen MR) is 153 cm³/mol. The Morgan fingerprint density at radius 2 is 1.27 bits per heavy atom. The van der Waals surface area contributed by atoms with Crippen molar-refractivity contribution in [3.63, 3.8) is 0 Å². The molecule has 8 nitrogen and oxygen atoms in total. The van der Waals surface area contributed by atoms with Crippen molar-refractivity contribution < 1.29 is 14.2 Å². The van der Waals surface area contributed by atoms with Crippen molar-refractivity contribution in [1.82, 2.24) is 9.55 Å². The maximum Gasteiger partial charge on any atom is 0.328 e. The van der Waals surface area contributed by atoms with Gasteiger partial charge in [0.1, 0.15) is 5.60 Å². The van der Waals surface area contributed by atoms with Gasteiger partial charge in [-0.3, -0.25) is 9.36 Å². The highest BCUT2D eigenvalue weighted by Gasteiger charge is 2.55. The molecule has 1 heterocycles. The molecule has 5 rings (SSSR count). The average molecular weight is 542 g/mol. The standard InChI is InChI=1S/C32H35N3O5/c1-22-21-34-30(37)35(29(22)36)26-19-27(28(33)20-26)32(38-2,39-3)40-31(23-13-7-4-8-14-23,24-15-9-5-10-16-24)25-17-11-6-12-18-25/h4-18,21,26-28H,19-20,33H2,1-3H3,(H,34,37)/t26-,27+,28+/m1/s1. The lowest BCUT2D eigenvalue weighted by molar-refractivity contribution is -0.412. The number of rotatable bonds is 9. The number of aromatic amines is 1. The van der Waals surface area contributed by atoms with Crippen LogP contribution in [0.5, 0.6) is 0 Å². The molecular formula is C32H35N3O5. The van der Waals surface area contributed by atoms with Crippen molar-refractivity contribution in [3.8, 4) is 0 Å². The Morgan fingerprint density at radius 3 is 1.73 bits per heavy atom. The number of H-pyrrole nitrogens is 1.